The number of fused-ring (bicyclic) bond motifs is 5. The summed E-state index contributed by atoms with van der Waals surface area (Å²) >= 11 is 0. The lowest BCUT2D eigenvalue weighted by molar-refractivity contribution is -0.643. The molecule has 0 atom stereocenters. The molecule has 3 aromatic heterocycles. The van der Waals surface area contributed by atoms with E-state index in [1.165, 1.54) is 91.4 Å². The van der Waals surface area contributed by atoms with Gasteiger partial charge in [-0.1, -0.05) is 58.9 Å². The molecule has 0 N–H and O–H groups in total. The summed E-state index contributed by atoms with van der Waals surface area (Å²) in [5, 5.41) is 6.93. The molecule has 0 saturated heterocycles. The first-order valence-electron chi connectivity index (χ1n) is 14.5. The Morgan fingerprint density at radius 2 is 1.66 bits per heavy atom. The van der Waals surface area contributed by atoms with E-state index in [-0.39, 0.29) is 5.41 Å². The lowest BCUT2D eigenvalue weighted by Gasteiger charge is -2.34. The molecule has 3 heterocycles. The number of hydrogen-bond acceptors (Lipinski definition) is 0. The van der Waals surface area contributed by atoms with Crippen LogP contribution in [0, 0.1) is 17.8 Å². The van der Waals surface area contributed by atoms with Gasteiger partial charge in [0.2, 0.25) is 5.52 Å². The molecule has 38 heavy (non-hydrogen) atoms. The fourth-order valence-electron chi connectivity index (χ4n) is 7.48. The molecule has 7 rings (SSSR count). The minimum atomic E-state index is 0.265. The third-order valence-electron chi connectivity index (χ3n) is 9.46. The quantitative estimate of drug-likeness (QED) is 0.127. The lowest BCUT2D eigenvalue weighted by atomic mass is 9.71. The van der Waals surface area contributed by atoms with Crippen LogP contribution in [0.3, 0.4) is 0 Å². The number of nitrogens with zero attached hydrogens (tertiary/aromatic N) is 2. The fourth-order valence-corrected chi connectivity index (χ4v) is 7.48. The molecule has 3 aromatic carbocycles. The molecule has 1 saturated carbocycles. The van der Waals surface area contributed by atoms with Crippen LogP contribution < -0.4 is 4.57 Å². The first kappa shape index (κ1) is 23.9. The highest BCUT2D eigenvalue weighted by atomic mass is 15.0. The van der Waals surface area contributed by atoms with E-state index in [1.54, 1.807) is 0 Å². The maximum Gasteiger partial charge on any atom is 0.224 e. The van der Waals surface area contributed by atoms with Crippen LogP contribution in [0.1, 0.15) is 82.9 Å². The number of benzene rings is 3. The van der Waals surface area contributed by atoms with Crippen molar-refractivity contribution in [2.75, 3.05) is 0 Å². The van der Waals surface area contributed by atoms with E-state index in [0.717, 1.165) is 6.42 Å². The second-order valence-corrected chi connectivity index (χ2v) is 14.3. The van der Waals surface area contributed by atoms with E-state index in [2.05, 4.69) is 112 Å². The molecule has 0 radical (unpaired) electrons. The SMILES string of the molecule is Cc1ccc2c3cc(CC(C)(C)C)ccc3n3c4cc(C5CCC(C)(C)CC5)cc5cc[n+](C)c(c1c23)c54. The summed E-state index contributed by atoms with van der Waals surface area (Å²) in [5.41, 5.74) is 10.5. The first-order chi connectivity index (χ1) is 18.0. The highest BCUT2D eigenvalue weighted by Gasteiger charge is 2.30. The van der Waals surface area contributed by atoms with Crippen molar-refractivity contribution in [1.82, 2.24) is 4.40 Å². The lowest BCUT2D eigenvalue weighted by Crippen LogP contribution is -2.29. The summed E-state index contributed by atoms with van der Waals surface area (Å²) in [4.78, 5) is 0. The van der Waals surface area contributed by atoms with Gasteiger partial charge in [0.25, 0.3) is 0 Å². The molecule has 0 bridgehead atoms. The summed E-state index contributed by atoms with van der Waals surface area (Å²) in [5.74, 6) is 0.649. The molecule has 2 nitrogen and oxygen atoms in total. The van der Waals surface area contributed by atoms with Gasteiger partial charge in [0.1, 0.15) is 7.05 Å². The Morgan fingerprint density at radius 1 is 0.895 bits per heavy atom. The van der Waals surface area contributed by atoms with Crippen LogP contribution in [0.25, 0.3) is 49.0 Å². The molecule has 1 aliphatic rings. The summed E-state index contributed by atoms with van der Waals surface area (Å²) in [6.45, 7) is 14.2. The highest BCUT2D eigenvalue weighted by Crippen LogP contribution is 2.46. The number of aryl methyl sites for hydroxylation is 2. The van der Waals surface area contributed by atoms with Gasteiger partial charge in [-0.15, -0.1) is 0 Å². The second kappa shape index (κ2) is 7.94. The van der Waals surface area contributed by atoms with Crippen LogP contribution in [-0.4, -0.2) is 4.40 Å². The Hall–Kier alpha value is -3.13. The van der Waals surface area contributed by atoms with Crippen molar-refractivity contribution in [2.24, 2.45) is 17.9 Å². The Balaban J connectivity index is 1.61. The van der Waals surface area contributed by atoms with Crippen molar-refractivity contribution < 1.29 is 4.57 Å². The van der Waals surface area contributed by atoms with Gasteiger partial charge in [-0.25, -0.2) is 4.57 Å². The normalized spacial score (nSPS) is 17.1. The zero-order valence-electron chi connectivity index (χ0n) is 24.2. The molecular weight excluding hydrogens is 460 g/mol. The molecule has 1 aliphatic carbocycles. The van der Waals surface area contributed by atoms with E-state index in [1.807, 2.05) is 0 Å². The summed E-state index contributed by atoms with van der Waals surface area (Å²) in [6.07, 6.45) is 8.57. The number of aromatic nitrogens is 2. The topological polar surface area (TPSA) is 8.29 Å². The zero-order chi connectivity index (χ0) is 26.6. The average molecular weight is 502 g/mol. The Labute approximate surface area is 226 Å². The van der Waals surface area contributed by atoms with Crippen molar-refractivity contribution in [3.8, 4) is 0 Å². The minimum absolute atomic E-state index is 0.265. The van der Waals surface area contributed by atoms with Crippen LogP contribution in [-0.2, 0) is 13.5 Å². The fraction of sp³-hybridized carbons (Fsp3) is 0.417. The molecule has 6 aromatic rings. The smallest absolute Gasteiger partial charge is 0.224 e. The van der Waals surface area contributed by atoms with E-state index < -0.39 is 0 Å². The average Bonchev–Trinajstić information content (AvgIpc) is 3.17. The largest absolute Gasteiger partial charge is 0.307 e. The molecule has 0 spiro atoms. The Kier molecular flexibility index (Phi) is 5.01. The van der Waals surface area contributed by atoms with Gasteiger partial charge in [-0.2, -0.15) is 0 Å². The van der Waals surface area contributed by atoms with Crippen LogP contribution in [0.2, 0.25) is 0 Å². The number of hydrogen-bond donors (Lipinski definition) is 0. The monoisotopic (exact) mass is 501 g/mol. The second-order valence-electron chi connectivity index (χ2n) is 14.3. The van der Waals surface area contributed by atoms with E-state index in [4.69, 9.17) is 0 Å². The van der Waals surface area contributed by atoms with Crippen molar-refractivity contribution in [2.45, 2.75) is 79.6 Å². The van der Waals surface area contributed by atoms with Gasteiger partial charge in [0, 0.05) is 16.8 Å². The molecule has 0 unspecified atom stereocenters. The minimum Gasteiger partial charge on any atom is -0.307 e. The maximum atomic E-state index is 2.61. The van der Waals surface area contributed by atoms with E-state index >= 15 is 0 Å². The first-order valence-corrected chi connectivity index (χ1v) is 14.5. The third-order valence-corrected chi connectivity index (χ3v) is 9.46. The van der Waals surface area contributed by atoms with Crippen LogP contribution in [0.4, 0.5) is 0 Å². The summed E-state index contributed by atoms with van der Waals surface area (Å²) in [6, 6.07) is 19.3. The van der Waals surface area contributed by atoms with Crippen LogP contribution in [0.5, 0.6) is 0 Å². The molecule has 0 amide bonds. The summed E-state index contributed by atoms with van der Waals surface area (Å²) < 4.78 is 4.96. The Morgan fingerprint density at radius 3 is 2.39 bits per heavy atom. The van der Waals surface area contributed by atoms with Crippen LogP contribution >= 0.6 is 0 Å². The van der Waals surface area contributed by atoms with Gasteiger partial charge in [-0.05, 0) is 96.1 Å². The third kappa shape index (κ3) is 3.56. The Bertz CT molecular complexity index is 1870. The van der Waals surface area contributed by atoms with Crippen molar-refractivity contribution in [3.63, 3.8) is 0 Å². The molecule has 194 valence electrons. The highest BCUT2D eigenvalue weighted by molar-refractivity contribution is 6.25. The van der Waals surface area contributed by atoms with Crippen molar-refractivity contribution in [3.05, 3.63) is 71.4 Å². The van der Waals surface area contributed by atoms with Crippen molar-refractivity contribution in [1.29, 1.82) is 0 Å². The number of pyridine rings is 2. The molecule has 2 heteroatoms. The van der Waals surface area contributed by atoms with Gasteiger partial charge in [0.05, 0.1) is 27.3 Å². The standard InChI is InChI=1S/C36H41N2/c1-22-8-10-27-28-18-23(21-35(2,3)4)9-11-29(28)38-30-20-26(24-12-15-36(5,6)16-13-24)19-25-14-17-37(7)34(32(25)30)31(22)33(27)38/h8-11,14,17-20,24H,12-13,15-16,21H2,1-7H3/q+1. The van der Waals surface area contributed by atoms with Gasteiger partial charge < -0.3 is 4.40 Å². The predicted molar refractivity (Wildman–Crippen MR) is 163 cm³/mol. The molecule has 0 aliphatic heterocycles. The van der Waals surface area contributed by atoms with E-state index in [0.29, 0.717) is 11.3 Å². The van der Waals surface area contributed by atoms with Gasteiger partial charge in [0.15, 0.2) is 6.20 Å². The zero-order valence-corrected chi connectivity index (χ0v) is 24.2. The van der Waals surface area contributed by atoms with Crippen LogP contribution in [0.15, 0.2) is 54.7 Å². The van der Waals surface area contributed by atoms with Crippen molar-refractivity contribution >= 4 is 49.0 Å². The van der Waals surface area contributed by atoms with E-state index in [9.17, 15) is 0 Å². The maximum absolute atomic E-state index is 2.61. The molecular formula is C36H41N2+. The predicted octanol–water partition coefficient (Wildman–Crippen LogP) is 9.40. The summed E-state index contributed by atoms with van der Waals surface area (Å²) in [7, 11) is 2.22. The van der Waals surface area contributed by atoms with Gasteiger partial charge >= 0.3 is 0 Å². The van der Waals surface area contributed by atoms with Gasteiger partial charge in [-0.3, -0.25) is 0 Å². The number of rotatable bonds is 2. The molecule has 1 fully saturated rings.